The molecule has 28 heavy (non-hydrogen) atoms. The van der Waals surface area contributed by atoms with Crippen molar-refractivity contribution < 1.29 is 19.5 Å². The predicted molar refractivity (Wildman–Crippen MR) is 108 cm³/mol. The van der Waals surface area contributed by atoms with Gasteiger partial charge in [-0.05, 0) is 56.3 Å². The number of carbonyl (C=O) groups is 3. The van der Waals surface area contributed by atoms with E-state index in [9.17, 15) is 19.5 Å². The van der Waals surface area contributed by atoms with Crippen LogP contribution < -0.4 is 10.6 Å². The van der Waals surface area contributed by atoms with Crippen molar-refractivity contribution in [2.75, 3.05) is 19.6 Å². The summed E-state index contributed by atoms with van der Waals surface area (Å²) in [6.07, 6.45) is 5.78. The lowest BCUT2D eigenvalue weighted by molar-refractivity contribution is -0.150. The molecule has 160 valence electrons. The van der Waals surface area contributed by atoms with Gasteiger partial charge in [-0.1, -0.05) is 27.2 Å². The van der Waals surface area contributed by atoms with Crippen LogP contribution in [0.1, 0.15) is 72.1 Å². The Bertz CT molecular complexity index is 556. The van der Waals surface area contributed by atoms with E-state index in [1.807, 2.05) is 0 Å². The molecule has 3 N–H and O–H groups in total. The first-order valence-electron chi connectivity index (χ1n) is 10.8. The molecule has 0 aromatic heterocycles. The number of nitrogens with zero attached hydrogens (tertiary/aromatic N) is 1. The van der Waals surface area contributed by atoms with Crippen LogP contribution in [-0.2, 0) is 9.59 Å². The molecule has 7 heteroatoms. The molecular weight excluding hydrogens is 358 g/mol. The van der Waals surface area contributed by atoms with Gasteiger partial charge < -0.3 is 20.6 Å². The highest BCUT2D eigenvalue weighted by atomic mass is 16.4. The maximum atomic E-state index is 12.6. The van der Waals surface area contributed by atoms with Crippen LogP contribution in [0.5, 0.6) is 0 Å². The molecule has 0 radical (unpaired) electrons. The van der Waals surface area contributed by atoms with E-state index in [4.69, 9.17) is 0 Å². The molecule has 7 nitrogen and oxygen atoms in total. The molecular formula is C21H37N3O4. The fraction of sp³-hybridized carbons (Fsp3) is 0.857. The highest BCUT2D eigenvalue weighted by Crippen LogP contribution is 2.34. The van der Waals surface area contributed by atoms with Gasteiger partial charge in [-0.2, -0.15) is 0 Å². The SMILES string of the molecule is CCC1CCC(NC(=O)CC2CCCN(C(=O)NCC(C)C)C2)(C(=O)O)CC1. The van der Waals surface area contributed by atoms with E-state index in [0.29, 0.717) is 44.3 Å². The van der Waals surface area contributed by atoms with Crippen molar-refractivity contribution in [3.05, 3.63) is 0 Å². The second kappa shape index (κ2) is 10.1. The molecule has 1 saturated carbocycles. The fourth-order valence-corrected chi connectivity index (χ4v) is 4.37. The number of urea groups is 1. The van der Waals surface area contributed by atoms with E-state index >= 15 is 0 Å². The predicted octanol–water partition coefficient (Wildman–Crippen LogP) is 2.99. The van der Waals surface area contributed by atoms with Crippen LogP contribution in [0.4, 0.5) is 4.79 Å². The number of rotatable bonds is 7. The van der Waals surface area contributed by atoms with E-state index in [0.717, 1.165) is 32.1 Å². The lowest BCUT2D eigenvalue weighted by Gasteiger charge is -2.38. The summed E-state index contributed by atoms with van der Waals surface area (Å²) in [6, 6.07) is -0.0706. The molecule has 2 aliphatic rings. The van der Waals surface area contributed by atoms with Crippen molar-refractivity contribution in [1.82, 2.24) is 15.5 Å². The number of carboxylic acids is 1. The van der Waals surface area contributed by atoms with Gasteiger partial charge in [0.05, 0.1) is 0 Å². The molecule has 1 saturated heterocycles. The molecule has 1 heterocycles. The summed E-state index contributed by atoms with van der Waals surface area (Å²) in [7, 11) is 0. The number of hydrogen-bond acceptors (Lipinski definition) is 3. The third-order valence-corrected chi connectivity index (χ3v) is 6.27. The average Bonchev–Trinajstić information content (AvgIpc) is 2.66. The van der Waals surface area contributed by atoms with Crippen molar-refractivity contribution in [3.8, 4) is 0 Å². The van der Waals surface area contributed by atoms with Gasteiger partial charge in [0, 0.05) is 26.1 Å². The molecule has 1 aliphatic carbocycles. The van der Waals surface area contributed by atoms with Crippen LogP contribution in [0.25, 0.3) is 0 Å². The summed E-state index contributed by atoms with van der Waals surface area (Å²) in [4.78, 5) is 38.6. The Morgan fingerprint density at radius 2 is 1.82 bits per heavy atom. The van der Waals surface area contributed by atoms with Crippen LogP contribution in [0.2, 0.25) is 0 Å². The van der Waals surface area contributed by atoms with E-state index in [-0.39, 0.29) is 24.3 Å². The molecule has 3 amide bonds. The van der Waals surface area contributed by atoms with Crippen LogP contribution in [0.15, 0.2) is 0 Å². The Morgan fingerprint density at radius 3 is 2.39 bits per heavy atom. The van der Waals surface area contributed by atoms with Gasteiger partial charge in [0.15, 0.2) is 0 Å². The number of hydrogen-bond donors (Lipinski definition) is 3. The van der Waals surface area contributed by atoms with E-state index in [1.54, 1.807) is 4.90 Å². The monoisotopic (exact) mass is 395 g/mol. The molecule has 0 bridgehead atoms. The standard InChI is InChI=1S/C21H37N3O4/c1-4-16-7-9-21(10-8-16,19(26)27)23-18(25)12-17-6-5-11-24(14-17)20(28)22-13-15(2)3/h15-17H,4-14H2,1-3H3,(H,22,28)(H,23,25)(H,26,27). The Balaban J connectivity index is 1.87. The second-order valence-corrected chi connectivity index (χ2v) is 9.03. The summed E-state index contributed by atoms with van der Waals surface area (Å²) in [5.74, 6) is -0.0946. The summed E-state index contributed by atoms with van der Waals surface area (Å²) < 4.78 is 0. The number of piperidine rings is 1. The lowest BCUT2D eigenvalue weighted by Crippen LogP contribution is -2.57. The smallest absolute Gasteiger partial charge is 0.329 e. The van der Waals surface area contributed by atoms with Gasteiger partial charge in [0.2, 0.25) is 5.91 Å². The molecule has 2 fully saturated rings. The summed E-state index contributed by atoms with van der Waals surface area (Å²) in [5.41, 5.74) is -1.12. The molecule has 2 rings (SSSR count). The summed E-state index contributed by atoms with van der Waals surface area (Å²) in [6.45, 7) is 8.13. The largest absolute Gasteiger partial charge is 0.480 e. The number of aliphatic carboxylic acids is 1. The topological polar surface area (TPSA) is 98.7 Å². The Labute approximate surface area is 168 Å². The van der Waals surface area contributed by atoms with Crippen molar-refractivity contribution in [2.45, 2.75) is 77.7 Å². The number of carbonyl (C=O) groups excluding carboxylic acids is 2. The van der Waals surface area contributed by atoms with Crippen molar-refractivity contribution >= 4 is 17.9 Å². The quantitative estimate of drug-likeness (QED) is 0.617. The third kappa shape index (κ3) is 6.11. The van der Waals surface area contributed by atoms with Crippen molar-refractivity contribution in [1.29, 1.82) is 0 Å². The zero-order chi connectivity index (χ0) is 20.7. The second-order valence-electron chi connectivity index (χ2n) is 9.03. The minimum atomic E-state index is -1.12. The average molecular weight is 396 g/mol. The first-order chi connectivity index (χ1) is 13.3. The minimum Gasteiger partial charge on any atom is -0.480 e. The molecule has 1 unspecified atom stereocenters. The van der Waals surface area contributed by atoms with Crippen LogP contribution in [0, 0.1) is 17.8 Å². The maximum absolute atomic E-state index is 12.6. The normalized spacial score (nSPS) is 28.1. The molecule has 1 aliphatic heterocycles. The van der Waals surface area contributed by atoms with Gasteiger partial charge in [-0.15, -0.1) is 0 Å². The Kier molecular flexibility index (Phi) is 8.13. The fourth-order valence-electron chi connectivity index (χ4n) is 4.37. The van der Waals surface area contributed by atoms with Gasteiger partial charge in [-0.3, -0.25) is 4.79 Å². The number of amides is 3. The Morgan fingerprint density at radius 1 is 1.14 bits per heavy atom. The van der Waals surface area contributed by atoms with E-state index in [2.05, 4.69) is 31.4 Å². The third-order valence-electron chi connectivity index (χ3n) is 6.27. The highest BCUT2D eigenvalue weighted by molar-refractivity contribution is 5.87. The minimum absolute atomic E-state index is 0.0706. The lowest BCUT2D eigenvalue weighted by atomic mass is 9.75. The maximum Gasteiger partial charge on any atom is 0.329 e. The van der Waals surface area contributed by atoms with Crippen molar-refractivity contribution in [2.24, 2.45) is 17.8 Å². The number of likely N-dealkylation sites (tertiary alicyclic amines) is 1. The van der Waals surface area contributed by atoms with Gasteiger partial charge >= 0.3 is 12.0 Å². The molecule has 1 atom stereocenters. The summed E-state index contributed by atoms with van der Waals surface area (Å²) in [5, 5.41) is 15.5. The first kappa shape index (κ1) is 22.5. The van der Waals surface area contributed by atoms with Gasteiger partial charge in [0.25, 0.3) is 0 Å². The molecule has 0 aromatic rings. The molecule has 0 spiro atoms. The first-order valence-corrected chi connectivity index (χ1v) is 10.8. The Hall–Kier alpha value is -1.79. The van der Waals surface area contributed by atoms with Crippen LogP contribution in [-0.4, -0.2) is 53.1 Å². The van der Waals surface area contributed by atoms with E-state index < -0.39 is 11.5 Å². The zero-order valence-corrected chi connectivity index (χ0v) is 17.6. The number of nitrogens with one attached hydrogen (secondary N) is 2. The van der Waals surface area contributed by atoms with E-state index in [1.165, 1.54) is 0 Å². The van der Waals surface area contributed by atoms with Crippen LogP contribution in [0.3, 0.4) is 0 Å². The summed E-state index contributed by atoms with van der Waals surface area (Å²) >= 11 is 0. The van der Waals surface area contributed by atoms with Gasteiger partial charge in [-0.25, -0.2) is 9.59 Å². The van der Waals surface area contributed by atoms with Crippen molar-refractivity contribution in [3.63, 3.8) is 0 Å². The van der Waals surface area contributed by atoms with Crippen LogP contribution >= 0.6 is 0 Å². The zero-order valence-electron chi connectivity index (χ0n) is 17.6. The van der Waals surface area contributed by atoms with Gasteiger partial charge in [0.1, 0.15) is 5.54 Å². The molecule has 0 aromatic carbocycles. The number of carboxylic acid groups (broad SMARTS) is 1. The highest BCUT2D eigenvalue weighted by Gasteiger charge is 2.43.